The second kappa shape index (κ2) is 8.02. The molecule has 2 aromatic rings. The molecule has 0 aromatic heterocycles. The van der Waals surface area contributed by atoms with Crippen molar-refractivity contribution in [3.63, 3.8) is 0 Å². The van der Waals surface area contributed by atoms with Gasteiger partial charge in [-0.15, -0.1) is 0 Å². The lowest BCUT2D eigenvalue weighted by molar-refractivity contribution is 0.0944. The van der Waals surface area contributed by atoms with Crippen LogP contribution in [0.5, 0.6) is 5.75 Å². The van der Waals surface area contributed by atoms with E-state index < -0.39 is 10.0 Å². The molecular formula is C18H22N2O4S. The fraction of sp³-hybridized carbons (Fsp3) is 0.278. The van der Waals surface area contributed by atoms with Crippen LogP contribution in [0, 0.1) is 0 Å². The smallest absolute Gasteiger partial charge is 0.265 e. The molecule has 0 aliphatic carbocycles. The number of para-hydroxylation sites is 2. The number of hydrogen-bond acceptors (Lipinski definition) is 4. The third kappa shape index (κ3) is 4.73. The summed E-state index contributed by atoms with van der Waals surface area (Å²) in [7, 11) is -3.91. The van der Waals surface area contributed by atoms with Gasteiger partial charge in [0.1, 0.15) is 10.6 Å². The maximum absolute atomic E-state index is 12.8. The van der Waals surface area contributed by atoms with Gasteiger partial charge >= 0.3 is 0 Å². The standard InChI is InChI=1S/C18H22N2O4S/c1-4-24-16-11-7-8-12-17(16)25(22,23)20-15-10-6-5-9-14(15)18(21)19-13(2)3/h5-13,20H,4H2,1-3H3,(H,19,21). The molecule has 0 heterocycles. The topological polar surface area (TPSA) is 84.5 Å². The van der Waals surface area contributed by atoms with Gasteiger partial charge < -0.3 is 10.1 Å². The molecule has 2 N–H and O–H groups in total. The van der Waals surface area contributed by atoms with Crippen molar-refractivity contribution in [3.8, 4) is 5.75 Å². The minimum absolute atomic E-state index is 0.0240. The van der Waals surface area contributed by atoms with Gasteiger partial charge in [0.2, 0.25) is 0 Å². The number of benzene rings is 2. The predicted molar refractivity (Wildman–Crippen MR) is 97.5 cm³/mol. The van der Waals surface area contributed by atoms with Crippen LogP contribution >= 0.6 is 0 Å². The number of carbonyl (C=O) groups is 1. The molecule has 7 heteroatoms. The van der Waals surface area contributed by atoms with E-state index in [1.807, 2.05) is 13.8 Å². The van der Waals surface area contributed by atoms with Crippen LogP contribution < -0.4 is 14.8 Å². The highest BCUT2D eigenvalue weighted by Gasteiger charge is 2.22. The first-order chi connectivity index (χ1) is 11.8. The monoisotopic (exact) mass is 362 g/mol. The molecule has 0 saturated carbocycles. The summed E-state index contributed by atoms with van der Waals surface area (Å²) in [6.07, 6.45) is 0. The van der Waals surface area contributed by atoms with Crippen LogP contribution in [0.25, 0.3) is 0 Å². The summed E-state index contributed by atoms with van der Waals surface area (Å²) in [5.41, 5.74) is 0.473. The van der Waals surface area contributed by atoms with Gasteiger partial charge in [-0.3, -0.25) is 9.52 Å². The van der Waals surface area contributed by atoms with Crippen molar-refractivity contribution in [2.75, 3.05) is 11.3 Å². The lowest BCUT2D eigenvalue weighted by Gasteiger charge is -2.15. The van der Waals surface area contributed by atoms with Crippen LogP contribution in [0.15, 0.2) is 53.4 Å². The molecule has 0 saturated heterocycles. The van der Waals surface area contributed by atoms with Crippen molar-refractivity contribution < 1.29 is 17.9 Å². The van der Waals surface area contributed by atoms with E-state index in [0.717, 1.165) is 0 Å². The van der Waals surface area contributed by atoms with E-state index in [4.69, 9.17) is 4.74 Å². The average Bonchev–Trinajstić information content (AvgIpc) is 2.55. The Morgan fingerprint density at radius 1 is 1.08 bits per heavy atom. The number of rotatable bonds is 7. The lowest BCUT2D eigenvalue weighted by atomic mass is 10.1. The zero-order valence-corrected chi connectivity index (χ0v) is 15.3. The predicted octanol–water partition coefficient (Wildman–Crippen LogP) is 3.02. The van der Waals surface area contributed by atoms with Crippen molar-refractivity contribution in [3.05, 3.63) is 54.1 Å². The van der Waals surface area contributed by atoms with E-state index in [1.165, 1.54) is 6.07 Å². The zero-order chi connectivity index (χ0) is 18.4. The van der Waals surface area contributed by atoms with E-state index in [0.29, 0.717) is 6.61 Å². The highest BCUT2D eigenvalue weighted by Crippen LogP contribution is 2.27. The molecule has 0 aliphatic rings. The van der Waals surface area contributed by atoms with Gasteiger partial charge in [0.15, 0.2) is 0 Å². The van der Waals surface area contributed by atoms with Gasteiger partial charge in [0.05, 0.1) is 17.9 Å². The number of sulfonamides is 1. The van der Waals surface area contributed by atoms with E-state index >= 15 is 0 Å². The van der Waals surface area contributed by atoms with Gasteiger partial charge in [-0.1, -0.05) is 24.3 Å². The Hall–Kier alpha value is -2.54. The van der Waals surface area contributed by atoms with E-state index in [-0.39, 0.29) is 33.8 Å². The Labute approximate surface area is 148 Å². The highest BCUT2D eigenvalue weighted by molar-refractivity contribution is 7.92. The number of nitrogens with one attached hydrogen (secondary N) is 2. The minimum atomic E-state index is -3.91. The Morgan fingerprint density at radius 2 is 1.72 bits per heavy atom. The van der Waals surface area contributed by atoms with Crippen molar-refractivity contribution >= 4 is 21.6 Å². The second-order valence-electron chi connectivity index (χ2n) is 5.66. The van der Waals surface area contributed by atoms with Crippen LogP contribution in [0.1, 0.15) is 31.1 Å². The van der Waals surface area contributed by atoms with Crippen molar-refractivity contribution in [1.82, 2.24) is 5.32 Å². The molecule has 2 rings (SSSR count). The van der Waals surface area contributed by atoms with Crippen LogP contribution in [0.2, 0.25) is 0 Å². The molecule has 0 unspecified atom stereocenters. The van der Waals surface area contributed by atoms with Crippen LogP contribution in [0.4, 0.5) is 5.69 Å². The second-order valence-corrected chi connectivity index (χ2v) is 7.31. The number of hydrogen-bond donors (Lipinski definition) is 2. The Morgan fingerprint density at radius 3 is 2.40 bits per heavy atom. The van der Waals surface area contributed by atoms with Crippen LogP contribution in [-0.4, -0.2) is 27.0 Å². The number of ether oxygens (including phenoxy) is 1. The number of anilines is 1. The first-order valence-electron chi connectivity index (χ1n) is 7.99. The fourth-order valence-electron chi connectivity index (χ4n) is 2.26. The summed E-state index contributed by atoms with van der Waals surface area (Å²) < 4.78 is 33.4. The molecule has 0 radical (unpaired) electrons. The highest BCUT2D eigenvalue weighted by atomic mass is 32.2. The number of carbonyl (C=O) groups excluding carboxylic acids is 1. The van der Waals surface area contributed by atoms with Crippen molar-refractivity contribution in [2.45, 2.75) is 31.7 Å². The molecular weight excluding hydrogens is 340 g/mol. The van der Waals surface area contributed by atoms with Crippen LogP contribution in [0.3, 0.4) is 0 Å². The molecule has 6 nitrogen and oxygen atoms in total. The largest absolute Gasteiger partial charge is 0.492 e. The first kappa shape index (κ1) is 18.8. The molecule has 1 amide bonds. The summed E-state index contributed by atoms with van der Waals surface area (Å²) >= 11 is 0. The molecule has 2 aromatic carbocycles. The molecule has 0 fully saturated rings. The van der Waals surface area contributed by atoms with Gasteiger partial charge in [-0.25, -0.2) is 8.42 Å². The quantitative estimate of drug-likeness (QED) is 0.793. The third-order valence-electron chi connectivity index (χ3n) is 3.27. The summed E-state index contributed by atoms with van der Waals surface area (Å²) in [5, 5.41) is 2.76. The van der Waals surface area contributed by atoms with Crippen LogP contribution in [-0.2, 0) is 10.0 Å². The summed E-state index contributed by atoms with van der Waals surface area (Å²) in [4.78, 5) is 12.3. The zero-order valence-electron chi connectivity index (χ0n) is 14.4. The molecule has 134 valence electrons. The Bertz CT molecular complexity index is 848. The SMILES string of the molecule is CCOc1ccccc1S(=O)(=O)Nc1ccccc1C(=O)NC(C)C. The Kier molecular flexibility index (Phi) is 6.03. The van der Waals surface area contributed by atoms with E-state index in [2.05, 4.69) is 10.0 Å². The van der Waals surface area contributed by atoms with Gasteiger partial charge in [0.25, 0.3) is 15.9 Å². The fourth-order valence-corrected chi connectivity index (χ4v) is 3.48. The molecule has 0 aliphatic heterocycles. The normalized spacial score (nSPS) is 11.2. The van der Waals surface area contributed by atoms with Gasteiger partial charge in [0, 0.05) is 6.04 Å². The van der Waals surface area contributed by atoms with Crippen molar-refractivity contribution in [2.24, 2.45) is 0 Å². The Balaban J connectivity index is 2.38. The number of amides is 1. The summed E-state index contributed by atoms with van der Waals surface area (Å²) in [6, 6.07) is 12.8. The molecule has 25 heavy (non-hydrogen) atoms. The van der Waals surface area contributed by atoms with Gasteiger partial charge in [-0.05, 0) is 45.0 Å². The summed E-state index contributed by atoms with van der Waals surface area (Å²) in [5.74, 6) is -0.0759. The average molecular weight is 362 g/mol. The third-order valence-corrected chi connectivity index (χ3v) is 4.68. The lowest BCUT2D eigenvalue weighted by Crippen LogP contribution is -2.31. The van der Waals surface area contributed by atoms with E-state index in [9.17, 15) is 13.2 Å². The molecule has 0 bridgehead atoms. The van der Waals surface area contributed by atoms with E-state index in [1.54, 1.807) is 49.4 Å². The van der Waals surface area contributed by atoms with Crippen molar-refractivity contribution in [1.29, 1.82) is 0 Å². The maximum Gasteiger partial charge on any atom is 0.265 e. The molecule has 0 atom stereocenters. The first-order valence-corrected chi connectivity index (χ1v) is 9.48. The minimum Gasteiger partial charge on any atom is -0.492 e. The summed E-state index contributed by atoms with van der Waals surface area (Å²) in [6.45, 7) is 5.80. The molecule has 0 spiro atoms. The maximum atomic E-state index is 12.8. The van der Waals surface area contributed by atoms with Gasteiger partial charge in [-0.2, -0.15) is 0 Å².